The van der Waals surface area contributed by atoms with Gasteiger partial charge in [-0.25, -0.2) is 0 Å². The van der Waals surface area contributed by atoms with Gasteiger partial charge in [-0.2, -0.15) is 5.10 Å². The molecule has 138 valence electrons. The zero-order valence-electron chi connectivity index (χ0n) is 15.4. The summed E-state index contributed by atoms with van der Waals surface area (Å²) in [5.41, 5.74) is 0.871. The van der Waals surface area contributed by atoms with Crippen LogP contribution >= 0.6 is 0 Å². The number of aromatic nitrogens is 2. The van der Waals surface area contributed by atoms with Crippen LogP contribution in [0.15, 0.2) is 12.4 Å². The molecule has 0 saturated carbocycles. The summed E-state index contributed by atoms with van der Waals surface area (Å²) in [7, 11) is 1.86. The van der Waals surface area contributed by atoms with Crippen molar-refractivity contribution in [3.63, 3.8) is 0 Å². The van der Waals surface area contributed by atoms with Crippen molar-refractivity contribution < 1.29 is 9.59 Å². The van der Waals surface area contributed by atoms with Crippen molar-refractivity contribution in [3.05, 3.63) is 12.4 Å². The van der Waals surface area contributed by atoms with Crippen molar-refractivity contribution in [2.24, 2.45) is 13.0 Å². The van der Waals surface area contributed by atoms with Crippen molar-refractivity contribution in [2.45, 2.75) is 51.6 Å². The number of likely N-dealkylation sites (tertiary alicyclic amines) is 1. The average Bonchev–Trinajstić information content (AvgIpc) is 3.03. The Morgan fingerprint density at radius 2 is 2.16 bits per heavy atom. The van der Waals surface area contributed by atoms with E-state index in [4.69, 9.17) is 0 Å². The number of nitrogens with zero attached hydrogens (tertiary/aromatic N) is 4. The zero-order chi connectivity index (χ0) is 18.0. The van der Waals surface area contributed by atoms with Gasteiger partial charge in [-0.3, -0.25) is 14.3 Å². The van der Waals surface area contributed by atoms with E-state index in [0.717, 1.165) is 44.6 Å². The molecule has 2 amide bonds. The molecule has 0 aliphatic carbocycles. The average molecular weight is 347 g/mol. The Hall–Kier alpha value is -1.89. The molecule has 1 N–H and O–H groups in total. The van der Waals surface area contributed by atoms with E-state index in [1.54, 1.807) is 10.9 Å². The minimum Gasteiger partial charge on any atom is -0.342 e. The van der Waals surface area contributed by atoms with Crippen LogP contribution < -0.4 is 10.2 Å². The van der Waals surface area contributed by atoms with Gasteiger partial charge in [-0.1, -0.05) is 13.8 Å². The van der Waals surface area contributed by atoms with Crippen molar-refractivity contribution >= 4 is 17.5 Å². The van der Waals surface area contributed by atoms with E-state index in [1.165, 1.54) is 0 Å². The summed E-state index contributed by atoms with van der Waals surface area (Å²) in [4.78, 5) is 28.6. The van der Waals surface area contributed by atoms with Crippen LogP contribution in [0, 0.1) is 5.92 Å². The van der Waals surface area contributed by atoms with Gasteiger partial charge < -0.3 is 15.1 Å². The van der Waals surface area contributed by atoms with Gasteiger partial charge in [0.1, 0.15) is 0 Å². The molecule has 0 radical (unpaired) electrons. The van der Waals surface area contributed by atoms with Gasteiger partial charge in [0.25, 0.3) is 0 Å². The first-order chi connectivity index (χ1) is 12.0. The predicted octanol–water partition coefficient (Wildman–Crippen LogP) is 1.15. The second-order valence-electron chi connectivity index (χ2n) is 7.29. The number of carbonyl (C=O) groups is 2. The molecule has 25 heavy (non-hydrogen) atoms. The normalized spacial score (nSPS) is 27.6. The molecule has 3 atom stereocenters. The number of aryl methyl sites for hydroxylation is 1. The lowest BCUT2D eigenvalue weighted by atomic mass is 9.91. The molecule has 7 heteroatoms. The summed E-state index contributed by atoms with van der Waals surface area (Å²) in [5.74, 6) is 0.714. The number of hydrogen-bond acceptors (Lipinski definition) is 4. The van der Waals surface area contributed by atoms with E-state index in [1.807, 2.05) is 30.0 Å². The van der Waals surface area contributed by atoms with Gasteiger partial charge in [0.15, 0.2) is 0 Å². The number of anilines is 1. The molecule has 0 aromatic carbocycles. The molecule has 1 aromatic heterocycles. The SMILES string of the molecule is CCC(=O)N1CCC(NC2CCCN(c3cnn(C)c3)C2=O)C(C)C1. The Labute approximate surface area is 149 Å². The predicted molar refractivity (Wildman–Crippen MR) is 96.2 cm³/mol. The van der Waals surface area contributed by atoms with Gasteiger partial charge in [0, 0.05) is 45.3 Å². The van der Waals surface area contributed by atoms with Crippen LogP contribution in [0.5, 0.6) is 0 Å². The monoisotopic (exact) mass is 347 g/mol. The van der Waals surface area contributed by atoms with E-state index in [9.17, 15) is 9.59 Å². The summed E-state index contributed by atoms with van der Waals surface area (Å²) < 4.78 is 1.72. The molecule has 3 rings (SSSR count). The maximum atomic E-state index is 12.9. The van der Waals surface area contributed by atoms with Crippen LogP contribution in [-0.2, 0) is 16.6 Å². The molecular weight excluding hydrogens is 318 g/mol. The minimum atomic E-state index is -0.144. The minimum absolute atomic E-state index is 0.138. The van der Waals surface area contributed by atoms with Crippen LogP contribution in [0.4, 0.5) is 5.69 Å². The second kappa shape index (κ2) is 7.56. The molecule has 0 bridgehead atoms. The first-order valence-electron chi connectivity index (χ1n) is 9.33. The Bertz CT molecular complexity index is 629. The number of carbonyl (C=O) groups excluding carboxylic acids is 2. The van der Waals surface area contributed by atoms with Crippen LogP contribution in [0.3, 0.4) is 0 Å². The number of nitrogens with one attached hydrogen (secondary N) is 1. The third kappa shape index (κ3) is 3.86. The Kier molecular flexibility index (Phi) is 5.42. The fourth-order valence-corrected chi connectivity index (χ4v) is 3.94. The van der Waals surface area contributed by atoms with Crippen molar-refractivity contribution in [2.75, 3.05) is 24.5 Å². The Balaban J connectivity index is 1.61. The zero-order valence-corrected chi connectivity index (χ0v) is 15.4. The molecule has 7 nitrogen and oxygen atoms in total. The van der Waals surface area contributed by atoms with E-state index in [-0.39, 0.29) is 23.9 Å². The number of hydrogen-bond donors (Lipinski definition) is 1. The highest BCUT2D eigenvalue weighted by Gasteiger charge is 2.35. The smallest absolute Gasteiger partial charge is 0.244 e. The highest BCUT2D eigenvalue weighted by molar-refractivity contribution is 5.97. The van der Waals surface area contributed by atoms with Gasteiger partial charge in [-0.15, -0.1) is 0 Å². The first kappa shape index (κ1) is 17.9. The van der Waals surface area contributed by atoms with Crippen molar-refractivity contribution in [1.82, 2.24) is 20.0 Å². The topological polar surface area (TPSA) is 70.5 Å². The molecule has 1 aromatic rings. The highest BCUT2D eigenvalue weighted by Crippen LogP contribution is 2.23. The molecule has 2 aliphatic heterocycles. The summed E-state index contributed by atoms with van der Waals surface area (Å²) >= 11 is 0. The third-order valence-corrected chi connectivity index (χ3v) is 5.42. The maximum absolute atomic E-state index is 12.9. The molecule has 2 saturated heterocycles. The number of piperidine rings is 2. The maximum Gasteiger partial charge on any atom is 0.244 e. The third-order valence-electron chi connectivity index (χ3n) is 5.42. The first-order valence-corrected chi connectivity index (χ1v) is 9.33. The van der Waals surface area contributed by atoms with E-state index < -0.39 is 0 Å². The fourth-order valence-electron chi connectivity index (χ4n) is 3.94. The highest BCUT2D eigenvalue weighted by atomic mass is 16.2. The van der Waals surface area contributed by atoms with Crippen LogP contribution in [0.25, 0.3) is 0 Å². The lowest BCUT2D eigenvalue weighted by molar-refractivity contribution is -0.133. The second-order valence-corrected chi connectivity index (χ2v) is 7.29. The summed E-state index contributed by atoms with van der Waals surface area (Å²) in [5, 5.41) is 7.76. The molecule has 2 aliphatic rings. The van der Waals surface area contributed by atoms with Gasteiger partial charge >= 0.3 is 0 Å². The van der Waals surface area contributed by atoms with Gasteiger partial charge in [0.2, 0.25) is 11.8 Å². The van der Waals surface area contributed by atoms with Crippen molar-refractivity contribution in [1.29, 1.82) is 0 Å². The molecule has 3 heterocycles. The van der Waals surface area contributed by atoms with Crippen molar-refractivity contribution in [3.8, 4) is 0 Å². The molecule has 0 spiro atoms. The Morgan fingerprint density at radius 3 is 2.80 bits per heavy atom. The lowest BCUT2D eigenvalue weighted by Crippen LogP contribution is -2.58. The quantitative estimate of drug-likeness (QED) is 0.887. The standard InChI is InChI=1S/C18H29N5O2/c1-4-17(24)22-9-7-15(13(2)11-22)20-16-6-5-8-23(18(16)25)14-10-19-21(3)12-14/h10,12-13,15-16,20H,4-9,11H2,1-3H3. The summed E-state index contributed by atoms with van der Waals surface area (Å²) in [6.07, 6.45) is 6.96. The van der Waals surface area contributed by atoms with E-state index in [0.29, 0.717) is 12.3 Å². The largest absolute Gasteiger partial charge is 0.342 e. The molecule has 2 fully saturated rings. The number of rotatable bonds is 4. The fraction of sp³-hybridized carbons (Fsp3) is 0.722. The Morgan fingerprint density at radius 1 is 1.36 bits per heavy atom. The van der Waals surface area contributed by atoms with Crippen LogP contribution in [0.2, 0.25) is 0 Å². The molecular formula is C18H29N5O2. The number of amides is 2. The van der Waals surface area contributed by atoms with Gasteiger partial charge in [-0.05, 0) is 25.2 Å². The summed E-state index contributed by atoms with van der Waals surface area (Å²) in [6.45, 7) is 6.38. The molecule has 3 unspecified atom stereocenters. The lowest BCUT2D eigenvalue weighted by Gasteiger charge is -2.40. The van der Waals surface area contributed by atoms with E-state index >= 15 is 0 Å². The summed E-state index contributed by atoms with van der Waals surface area (Å²) in [6, 6.07) is 0.138. The van der Waals surface area contributed by atoms with E-state index in [2.05, 4.69) is 17.3 Å². The van der Waals surface area contributed by atoms with Gasteiger partial charge in [0.05, 0.1) is 17.9 Å². The van der Waals surface area contributed by atoms with Crippen LogP contribution in [-0.4, -0.2) is 58.2 Å². The van der Waals surface area contributed by atoms with Crippen LogP contribution in [0.1, 0.15) is 39.5 Å².